The molecular formula is C21H15Cl2F3N4O2S. The highest BCUT2D eigenvalue weighted by Gasteiger charge is 2.30. The lowest BCUT2D eigenvalue weighted by atomic mass is 10.2. The van der Waals surface area contributed by atoms with Crippen LogP contribution in [0.25, 0.3) is 0 Å². The van der Waals surface area contributed by atoms with Crippen LogP contribution in [0.3, 0.4) is 0 Å². The van der Waals surface area contributed by atoms with Crippen LogP contribution < -0.4 is 10.6 Å². The summed E-state index contributed by atoms with van der Waals surface area (Å²) in [7, 11) is 0. The standard InChI is InChI=1S/C21H15Cl2F3N4O2S/c1-2-15-19(33-12-8-6-11(7-9-12)21(24,25)26)27-10-16(28-15)29-20(32)30-18(31)17-13(22)4-3-5-14(17)23/h3-10H,2H2,1H3,(H2,28,29,30,31,32). The number of nitrogens with one attached hydrogen (secondary N) is 2. The number of imide groups is 1. The number of hydrogen-bond acceptors (Lipinski definition) is 5. The SMILES string of the molecule is CCc1nc(NC(=O)NC(=O)c2c(Cl)cccc2Cl)cnc1Sc1ccc(C(F)(F)F)cc1. The number of alkyl halides is 3. The van der Waals surface area contributed by atoms with Crippen LogP contribution in [0, 0.1) is 0 Å². The molecular weight excluding hydrogens is 500 g/mol. The molecule has 3 aromatic rings. The third kappa shape index (κ3) is 6.37. The van der Waals surface area contributed by atoms with Crippen molar-refractivity contribution in [1.29, 1.82) is 0 Å². The van der Waals surface area contributed by atoms with Crippen molar-refractivity contribution in [3.05, 3.63) is 75.5 Å². The Bertz CT molecular complexity index is 1170. The Hall–Kier alpha value is -2.82. The molecule has 12 heteroatoms. The van der Waals surface area contributed by atoms with Crippen LogP contribution in [0.1, 0.15) is 28.5 Å². The highest BCUT2D eigenvalue weighted by Crippen LogP contribution is 2.33. The van der Waals surface area contributed by atoms with E-state index in [9.17, 15) is 22.8 Å². The van der Waals surface area contributed by atoms with Gasteiger partial charge in [-0.25, -0.2) is 14.8 Å². The normalized spacial score (nSPS) is 11.2. The smallest absolute Gasteiger partial charge is 0.291 e. The summed E-state index contributed by atoms with van der Waals surface area (Å²) in [5, 5.41) is 5.17. The Morgan fingerprint density at radius 1 is 1.06 bits per heavy atom. The van der Waals surface area contributed by atoms with Crippen molar-refractivity contribution in [2.75, 3.05) is 5.32 Å². The van der Waals surface area contributed by atoms with Crippen molar-refractivity contribution < 1.29 is 22.8 Å². The van der Waals surface area contributed by atoms with Gasteiger partial charge >= 0.3 is 12.2 Å². The second-order valence-electron chi connectivity index (χ2n) is 6.49. The number of aromatic nitrogens is 2. The summed E-state index contributed by atoms with van der Waals surface area (Å²) in [4.78, 5) is 33.6. The Morgan fingerprint density at radius 2 is 1.70 bits per heavy atom. The number of amides is 3. The zero-order valence-electron chi connectivity index (χ0n) is 16.8. The molecule has 6 nitrogen and oxygen atoms in total. The molecule has 33 heavy (non-hydrogen) atoms. The van der Waals surface area contributed by atoms with Crippen LogP contribution in [0.15, 0.2) is 58.6 Å². The summed E-state index contributed by atoms with van der Waals surface area (Å²) < 4.78 is 38.2. The molecule has 3 amide bonds. The van der Waals surface area contributed by atoms with Crippen LogP contribution in [-0.2, 0) is 12.6 Å². The number of aryl methyl sites for hydroxylation is 1. The molecule has 0 fully saturated rings. The number of anilines is 1. The summed E-state index contributed by atoms with van der Waals surface area (Å²) in [5.41, 5.74) is -0.274. The van der Waals surface area contributed by atoms with Crippen molar-refractivity contribution in [3.8, 4) is 0 Å². The third-order valence-electron chi connectivity index (χ3n) is 4.20. The van der Waals surface area contributed by atoms with Crippen LogP contribution >= 0.6 is 35.0 Å². The van der Waals surface area contributed by atoms with E-state index in [-0.39, 0.29) is 21.4 Å². The van der Waals surface area contributed by atoms with E-state index in [2.05, 4.69) is 20.6 Å². The highest BCUT2D eigenvalue weighted by molar-refractivity contribution is 7.99. The first-order chi connectivity index (χ1) is 15.6. The molecule has 2 aromatic carbocycles. The maximum atomic E-state index is 12.7. The van der Waals surface area contributed by atoms with Gasteiger partial charge in [-0.15, -0.1) is 0 Å². The first-order valence-corrected chi connectivity index (χ1v) is 10.9. The van der Waals surface area contributed by atoms with Crippen molar-refractivity contribution in [2.45, 2.75) is 29.4 Å². The minimum absolute atomic E-state index is 0.0420. The van der Waals surface area contributed by atoms with Gasteiger partial charge in [0.05, 0.1) is 33.1 Å². The summed E-state index contributed by atoms with van der Waals surface area (Å²) in [5.74, 6) is -0.708. The quantitative estimate of drug-likeness (QED) is 0.407. The topological polar surface area (TPSA) is 84.0 Å². The van der Waals surface area contributed by atoms with Gasteiger partial charge in [0.1, 0.15) is 5.03 Å². The first kappa shape index (κ1) is 24.8. The number of rotatable bonds is 5. The minimum atomic E-state index is -4.41. The molecule has 0 atom stereocenters. The largest absolute Gasteiger partial charge is 0.416 e. The van der Waals surface area contributed by atoms with Gasteiger partial charge in [-0.3, -0.25) is 15.4 Å². The molecule has 3 rings (SSSR count). The molecule has 0 aliphatic carbocycles. The van der Waals surface area contributed by atoms with Gasteiger partial charge in [0.2, 0.25) is 0 Å². The highest BCUT2D eigenvalue weighted by atomic mass is 35.5. The molecule has 0 aliphatic rings. The van der Waals surface area contributed by atoms with E-state index in [0.29, 0.717) is 22.0 Å². The Balaban J connectivity index is 1.69. The predicted octanol–water partition coefficient (Wildman–Crippen LogP) is 6.48. The molecule has 0 spiro atoms. The number of nitrogens with zero attached hydrogens (tertiary/aromatic N) is 2. The number of benzene rings is 2. The van der Waals surface area contributed by atoms with Crippen molar-refractivity contribution >= 4 is 52.7 Å². The van der Waals surface area contributed by atoms with Gasteiger partial charge in [0.25, 0.3) is 5.91 Å². The molecule has 0 aliphatic heterocycles. The predicted molar refractivity (Wildman–Crippen MR) is 120 cm³/mol. The number of halogens is 5. The van der Waals surface area contributed by atoms with Crippen molar-refractivity contribution in [2.24, 2.45) is 0 Å². The Labute approximate surface area is 200 Å². The number of carbonyl (C=O) groups excluding carboxylic acids is 2. The average molecular weight is 515 g/mol. The van der Waals surface area contributed by atoms with E-state index in [0.717, 1.165) is 23.9 Å². The van der Waals surface area contributed by atoms with E-state index in [4.69, 9.17) is 23.2 Å². The molecule has 0 saturated carbocycles. The second kappa shape index (κ2) is 10.4. The van der Waals surface area contributed by atoms with Crippen molar-refractivity contribution in [1.82, 2.24) is 15.3 Å². The molecule has 0 unspecified atom stereocenters. The average Bonchev–Trinajstić information content (AvgIpc) is 2.74. The van der Waals surface area contributed by atoms with E-state index >= 15 is 0 Å². The van der Waals surface area contributed by atoms with Gasteiger partial charge < -0.3 is 0 Å². The molecule has 0 saturated heterocycles. The number of hydrogen-bond donors (Lipinski definition) is 2. The monoisotopic (exact) mass is 514 g/mol. The summed E-state index contributed by atoms with van der Waals surface area (Å²) in [6.07, 6.45) is -2.69. The number of carbonyl (C=O) groups is 2. The Morgan fingerprint density at radius 3 is 2.27 bits per heavy atom. The van der Waals surface area contributed by atoms with Crippen LogP contribution in [0.2, 0.25) is 10.0 Å². The summed E-state index contributed by atoms with van der Waals surface area (Å²) in [6.45, 7) is 1.81. The number of urea groups is 1. The zero-order chi connectivity index (χ0) is 24.2. The maximum absolute atomic E-state index is 12.7. The fraction of sp³-hybridized carbons (Fsp3) is 0.143. The lowest BCUT2D eigenvalue weighted by Gasteiger charge is -2.11. The van der Waals surface area contributed by atoms with E-state index in [1.54, 1.807) is 6.07 Å². The lowest BCUT2D eigenvalue weighted by molar-refractivity contribution is -0.137. The molecule has 172 valence electrons. The van der Waals surface area contributed by atoms with Gasteiger partial charge in [-0.1, -0.05) is 48.0 Å². The Kier molecular flexibility index (Phi) is 7.83. The van der Waals surface area contributed by atoms with E-state index in [1.807, 2.05) is 6.92 Å². The van der Waals surface area contributed by atoms with Gasteiger partial charge in [-0.2, -0.15) is 13.2 Å². The third-order valence-corrected chi connectivity index (χ3v) is 5.87. The fourth-order valence-corrected chi connectivity index (χ4v) is 4.12. The fourth-order valence-electron chi connectivity index (χ4n) is 2.64. The van der Waals surface area contributed by atoms with Crippen molar-refractivity contribution in [3.63, 3.8) is 0 Å². The van der Waals surface area contributed by atoms with E-state index in [1.165, 1.54) is 30.5 Å². The molecule has 1 aromatic heterocycles. The van der Waals surface area contributed by atoms with Gasteiger partial charge in [0, 0.05) is 4.90 Å². The molecule has 2 N–H and O–H groups in total. The van der Waals surface area contributed by atoms with Gasteiger partial charge in [0.15, 0.2) is 5.82 Å². The molecule has 0 bridgehead atoms. The van der Waals surface area contributed by atoms with Crippen LogP contribution in [0.4, 0.5) is 23.8 Å². The lowest BCUT2D eigenvalue weighted by Crippen LogP contribution is -2.35. The molecule has 0 radical (unpaired) electrons. The van der Waals surface area contributed by atoms with Crippen LogP contribution in [-0.4, -0.2) is 21.9 Å². The van der Waals surface area contributed by atoms with E-state index < -0.39 is 23.7 Å². The zero-order valence-corrected chi connectivity index (χ0v) is 19.2. The first-order valence-electron chi connectivity index (χ1n) is 9.36. The molecule has 1 heterocycles. The minimum Gasteiger partial charge on any atom is -0.291 e. The maximum Gasteiger partial charge on any atom is 0.416 e. The summed E-state index contributed by atoms with van der Waals surface area (Å²) >= 11 is 13.1. The summed E-state index contributed by atoms with van der Waals surface area (Å²) in [6, 6.07) is 8.30. The van der Waals surface area contributed by atoms with Crippen LogP contribution in [0.5, 0.6) is 0 Å². The van der Waals surface area contributed by atoms with Gasteiger partial charge in [-0.05, 0) is 42.8 Å². The second-order valence-corrected chi connectivity index (χ2v) is 8.37.